The van der Waals surface area contributed by atoms with Crippen LogP contribution in [-0.2, 0) is 11.3 Å². The van der Waals surface area contributed by atoms with Crippen molar-refractivity contribution in [3.05, 3.63) is 21.3 Å². The van der Waals surface area contributed by atoms with Gasteiger partial charge in [-0.15, -0.1) is 11.3 Å². The Hall–Kier alpha value is -0.130. The van der Waals surface area contributed by atoms with Crippen LogP contribution in [0.2, 0.25) is 4.34 Å². The number of methoxy groups -OCH3 is 1. The molecule has 0 bridgehead atoms. The van der Waals surface area contributed by atoms with Crippen molar-refractivity contribution < 1.29 is 4.74 Å². The SMILES string of the molecule is COC1CCCN(CCNCc2ccc(Cl)s2)C1. The Balaban J connectivity index is 1.60. The molecular weight excluding hydrogens is 268 g/mol. The van der Waals surface area contributed by atoms with Crippen molar-refractivity contribution in [3.8, 4) is 0 Å². The summed E-state index contributed by atoms with van der Waals surface area (Å²) in [5.74, 6) is 0. The molecule has 1 aliphatic heterocycles. The summed E-state index contributed by atoms with van der Waals surface area (Å²) in [6.45, 7) is 5.30. The van der Waals surface area contributed by atoms with E-state index in [4.69, 9.17) is 16.3 Å². The van der Waals surface area contributed by atoms with Crippen molar-refractivity contribution in [2.45, 2.75) is 25.5 Å². The lowest BCUT2D eigenvalue weighted by atomic mass is 10.1. The number of nitrogens with zero attached hydrogens (tertiary/aromatic N) is 1. The predicted octanol–water partition coefficient (Wildman–Crippen LogP) is 2.60. The van der Waals surface area contributed by atoms with E-state index in [1.165, 1.54) is 24.3 Å². The van der Waals surface area contributed by atoms with E-state index >= 15 is 0 Å². The molecule has 5 heteroatoms. The average Bonchev–Trinajstić information content (AvgIpc) is 2.81. The fraction of sp³-hybridized carbons (Fsp3) is 0.692. The monoisotopic (exact) mass is 288 g/mol. The Morgan fingerprint density at radius 3 is 3.17 bits per heavy atom. The van der Waals surface area contributed by atoms with Crippen LogP contribution in [0.25, 0.3) is 0 Å². The van der Waals surface area contributed by atoms with Gasteiger partial charge in [0.15, 0.2) is 0 Å². The van der Waals surface area contributed by atoms with Gasteiger partial charge in [0.2, 0.25) is 0 Å². The highest BCUT2D eigenvalue weighted by molar-refractivity contribution is 7.16. The van der Waals surface area contributed by atoms with E-state index in [-0.39, 0.29) is 0 Å². The number of hydrogen-bond donors (Lipinski definition) is 1. The van der Waals surface area contributed by atoms with Gasteiger partial charge in [-0.2, -0.15) is 0 Å². The molecule has 1 aromatic rings. The molecule has 1 aliphatic rings. The number of likely N-dealkylation sites (tertiary alicyclic amines) is 1. The highest BCUT2D eigenvalue weighted by atomic mass is 35.5. The third-order valence-electron chi connectivity index (χ3n) is 3.33. The van der Waals surface area contributed by atoms with Gasteiger partial charge >= 0.3 is 0 Å². The molecule has 1 unspecified atom stereocenters. The quantitative estimate of drug-likeness (QED) is 0.815. The van der Waals surface area contributed by atoms with Crippen LogP contribution in [0, 0.1) is 0 Å². The first-order chi connectivity index (χ1) is 8.78. The van der Waals surface area contributed by atoms with Gasteiger partial charge in [-0.1, -0.05) is 11.6 Å². The second-order valence-electron chi connectivity index (χ2n) is 4.68. The van der Waals surface area contributed by atoms with E-state index < -0.39 is 0 Å². The first-order valence-electron chi connectivity index (χ1n) is 6.48. The Morgan fingerprint density at radius 2 is 2.44 bits per heavy atom. The number of halogens is 1. The van der Waals surface area contributed by atoms with Crippen LogP contribution in [-0.4, -0.2) is 44.3 Å². The lowest BCUT2D eigenvalue weighted by Crippen LogP contribution is -2.42. The van der Waals surface area contributed by atoms with Crippen molar-refractivity contribution in [2.75, 3.05) is 33.3 Å². The number of hydrogen-bond acceptors (Lipinski definition) is 4. The Labute approximate surface area is 118 Å². The van der Waals surface area contributed by atoms with E-state index in [9.17, 15) is 0 Å². The summed E-state index contributed by atoms with van der Waals surface area (Å²) in [6, 6.07) is 4.04. The number of rotatable bonds is 6. The van der Waals surface area contributed by atoms with Crippen molar-refractivity contribution in [1.29, 1.82) is 0 Å². The van der Waals surface area contributed by atoms with Gasteiger partial charge < -0.3 is 10.1 Å². The summed E-state index contributed by atoms with van der Waals surface area (Å²) in [5.41, 5.74) is 0. The first kappa shape index (κ1) is 14.3. The first-order valence-corrected chi connectivity index (χ1v) is 7.67. The fourth-order valence-electron chi connectivity index (χ4n) is 2.30. The van der Waals surface area contributed by atoms with Crippen molar-refractivity contribution in [1.82, 2.24) is 10.2 Å². The van der Waals surface area contributed by atoms with Crippen molar-refractivity contribution in [2.24, 2.45) is 0 Å². The third-order valence-corrected chi connectivity index (χ3v) is 4.56. The predicted molar refractivity (Wildman–Crippen MR) is 77.5 cm³/mol. The minimum Gasteiger partial charge on any atom is -0.380 e. The minimum atomic E-state index is 0.426. The largest absolute Gasteiger partial charge is 0.380 e. The Bertz CT molecular complexity index is 359. The molecule has 2 rings (SSSR count). The fourth-order valence-corrected chi connectivity index (χ4v) is 3.36. The molecule has 1 aromatic heterocycles. The van der Waals surface area contributed by atoms with Gasteiger partial charge in [-0.25, -0.2) is 0 Å². The molecule has 2 heterocycles. The lowest BCUT2D eigenvalue weighted by Gasteiger charge is -2.31. The van der Waals surface area contributed by atoms with Crippen LogP contribution >= 0.6 is 22.9 Å². The van der Waals surface area contributed by atoms with Crippen molar-refractivity contribution >= 4 is 22.9 Å². The highest BCUT2D eigenvalue weighted by Gasteiger charge is 2.18. The number of thiophene rings is 1. The zero-order valence-corrected chi connectivity index (χ0v) is 12.4. The summed E-state index contributed by atoms with van der Waals surface area (Å²) >= 11 is 7.54. The van der Waals surface area contributed by atoms with Gasteiger partial charge in [0.25, 0.3) is 0 Å². The summed E-state index contributed by atoms with van der Waals surface area (Å²) < 4.78 is 6.29. The lowest BCUT2D eigenvalue weighted by molar-refractivity contribution is 0.0318. The number of nitrogens with one attached hydrogen (secondary N) is 1. The zero-order chi connectivity index (χ0) is 12.8. The molecular formula is C13H21ClN2OS. The van der Waals surface area contributed by atoms with Crippen LogP contribution in [0.1, 0.15) is 17.7 Å². The highest BCUT2D eigenvalue weighted by Crippen LogP contribution is 2.20. The van der Waals surface area contributed by atoms with Crippen molar-refractivity contribution in [3.63, 3.8) is 0 Å². The molecule has 0 amide bonds. The maximum atomic E-state index is 5.90. The normalized spacial score (nSPS) is 21.3. The van der Waals surface area contributed by atoms with Crippen LogP contribution < -0.4 is 5.32 Å². The van der Waals surface area contributed by atoms with E-state index in [1.54, 1.807) is 11.3 Å². The second-order valence-corrected chi connectivity index (χ2v) is 6.48. The van der Waals surface area contributed by atoms with Gasteiger partial charge in [0, 0.05) is 38.2 Å². The molecule has 18 heavy (non-hydrogen) atoms. The minimum absolute atomic E-state index is 0.426. The van der Waals surface area contributed by atoms with Crippen LogP contribution in [0.15, 0.2) is 12.1 Å². The van der Waals surface area contributed by atoms with Gasteiger partial charge in [-0.3, -0.25) is 4.90 Å². The van der Waals surface area contributed by atoms with Gasteiger partial charge in [0.05, 0.1) is 10.4 Å². The zero-order valence-electron chi connectivity index (χ0n) is 10.8. The number of piperidine rings is 1. The molecule has 0 aromatic carbocycles. The topological polar surface area (TPSA) is 24.5 Å². The van der Waals surface area contributed by atoms with Gasteiger partial charge in [-0.05, 0) is 31.5 Å². The Morgan fingerprint density at radius 1 is 1.56 bits per heavy atom. The second kappa shape index (κ2) is 7.46. The molecule has 1 N–H and O–H groups in total. The van der Waals surface area contributed by atoms with E-state index in [0.717, 1.165) is 30.5 Å². The van der Waals surface area contributed by atoms with Gasteiger partial charge in [0.1, 0.15) is 0 Å². The molecule has 1 atom stereocenters. The molecule has 0 radical (unpaired) electrons. The molecule has 1 saturated heterocycles. The molecule has 3 nitrogen and oxygen atoms in total. The van der Waals surface area contributed by atoms with E-state index in [1.807, 2.05) is 13.2 Å². The summed E-state index contributed by atoms with van der Waals surface area (Å²) in [5, 5.41) is 3.46. The molecule has 0 spiro atoms. The van der Waals surface area contributed by atoms with E-state index in [0.29, 0.717) is 6.10 Å². The summed E-state index contributed by atoms with van der Waals surface area (Å²) in [6.07, 6.45) is 2.88. The summed E-state index contributed by atoms with van der Waals surface area (Å²) in [7, 11) is 1.81. The van der Waals surface area contributed by atoms with Crippen LogP contribution in [0.5, 0.6) is 0 Å². The van der Waals surface area contributed by atoms with E-state index in [2.05, 4.69) is 16.3 Å². The molecule has 0 aliphatic carbocycles. The third kappa shape index (κ3) is 4.52. The molecule has 0 saturated carbocycles. The maximum absolute atomic E-state index is 5.90. The molecule has 1 fully saturated rings. The smallest absolute Gasteiger partial charge is 0.0931 e. The standard InChI is InChI=1S/C13H21ClN2OS/c1-17-11-3-2-7-16(10-11)8-6-15-9-12-4-5-13(14)18-12/h4-5,11,15H,2-3,6-10H2,1H3. The van der Waals surface area contributed by atoms with Crippen LogP contribution in [0.3, 0.4) is 0 Å². The average molecular weight is 289 g/mol. The summed E-state index contributed by atoms with van der Waals surface area (Å²) in [4.78, 5) is 3.78. The number of ether oxygens (including phenoxy) is 1. The van der Waals surface area contributed by atoms with Crippen LogP contribution in [0.4, 0.5) is 0 Å². The Kier molecular flexibility index (Phi) is 5.92. The maximum Gasteiger partial charge on any atom is 0.0931 e. The molecule has 102 valence electrons.